The smallest absolute Gasteiger partial charge is 0.225 e. The van der Waals surface area contributed by atoms with Gasteiger partial charge in [-0.3, -0.25) is 9.59 Å². The normalized spacial score (nSPS) is 31.1. The first-order valence-corrected chi connectivity index (χ1v) is 7.39. The molecule has 2 N–H and O–H groups in total. The van der Waals surface area contributed by atoms with Crippen molar-refractivity contribution in [2.24, 2.45) is 17.8 Å². The number of aliphatic hydroxyl groups excluding tert-OH is 1. The molecule has 0 aromatic rings. The highest BCUT2D eigenvalue weighted by molar-refractivity contribution is 5.82. The minimum atomic E-state index is -0.0745. The van der Waals surface area contributed by atoms with Crippen LogP contribution in [0.4, 0.5) is 0 Å². The van der Waals surface area contributed by atoms with Gasteiger partial charge in [-0.2, -0.15) is 0 Å². The van der Waals surface area contributed by atoms with Gasteiger partial charge < -0.3 is 15.3 Å². The van der Waals surface area contributed by atoms with Crippen LogP contribution in [0.1, 0.15) is 32.1 Å². The van der Waals surface area contributed by atoms with E-state index in [9.17, 15) is 14.7 Å². The first kappa shape index (κ1) is 12.9. The fourth-order valence-electron chi connectivity index (χ4n) is 2.82. The summed E-state index contributed by atoms with van der Waals surface area (Å²) in [5.41, 5.74) is 0. The molecular formula is C14H22N2O3. The summed E-state index contributed by atoms with van der Waals surface area (Å²) in [4.78, 5) is 25.8. The van der Waals surface area contributed by atoms with Gasteiger partial charge in [-0.05, 0) is 32.1 Å². The predicted molar refractivity (Wildman–Crippen MR) is 69.2 cm³/mol. The van der Waals surface area contributed by atoms with Gasteiger partial charge in [0, 0.05) is 37.5 Å². The Balaban J connectivity index is 1.59. The Bertz CT molecular complexity index is 377. The first-order chi connectivity index (χ1) is 9.19. The number of amides is 2. The van der Waals surface area contributed by atoms with Crippen molar-refractivity contribution in [1.29, 1.82) is 0 Å². The fourth-order valence-corrected chi connectivity index (χ4v) is 2.82. The van der Waals surface area contributed by atoms with Crippen molar-refractivity contribution in [3.63, 3.8) is 0 Å². The highest BCUT2D eigenvalue weighted by atomic mass is 16.3. The van der Waals surface area contributed by atoms with E-state index in [0.717, 1.165) is 38.6 Å². The second kappa shape index (κ2) is 5.12. The summed E-state index contributed by atoms with van der Waals surface area (Å²) in [5, 5.41) is 12.5. The van der Waals surface area contributed by atoms with Gasteiger partial charge in [0.05, 0.1) is 6.04 Å². The average molecular weight is 266 g/mol. The van der Waals surface area contributed by atoms with Gasteiger partial charge in [-0.1, -0.05) is 0 Å². The van der Waals surface area contributed by atoms with Crippen LogP contribution >= 0.6 is 0 Å². The molecule has 5 heteroatoms. The number of likely N-dealkylation sites (tertiary alicyclic amines) is 1. The zero-order chi connectivity index (χ0) is 13.4. The van der Waals surface area contributed by atoms with E-state index in [-0.39, 0.29) is 42.2 Å². The Hall–Kier alpha value is -1.10. The number of carbonyl (C=O) groups is 2. The summed E-state index contributed by atoms with van der Waals surface area (Å²) in [6.45, 7) is 1.37. The monoisotopic (exact) mass is 266 g/mol. The van der Waals surface area contributed by atoms with Gasteiger partial charge in [-0.15, -0.1) is 0 Å². The number of nitrogens with one attached hydrogen (secondary N) is 1. The van der Waals surface area contributed by atoms with Gasteiger partial charge in [0.25, 0.3) is 0 Å². The summed E-state index contributed by atoms with van der Waals surface area (Å²) < 4.78 is 0. The van der Waals surface area contributed by atoms with E-state index in [1.807, 2.05) is 4.90 Å². The van der Waals surface area contributed by atoms with E-state index >= 15 is 0 Å². The lowest BCUT2D eigenvalue weighted by Gasteiger charge is -2.38. The summed E-state index contributed by atoms with van der Waals surface area (Å²) >= 11 is 0. The van der Waals surface area contributed by atoms with Gasteiger partial charge in [0.15, 0.2) is 0 Å². The highest BCUT2D eigenvalue weighted by Gasteiger charge is 2.39. The Kier molecular flexibility index (Phi) is 3.48. The van der Waals surface area contributed by atoms with E-state index in [2.05, 4.69) is 5.32 Å². The van der Waals surface area contributed by atoms with Crippen LogP contribution in [0.25, 0.3) is 0 Å². The Morgan fingerprint density at radius 3 is 2.37 bits per heavy atom. The zero-order valence-corrected chi connectivity index (χ0v) is 11.2. The van der Waals surface area contributed by atoms with Crippen molar-refractivity contribution in [3.05, 3.63) is 0 Å². The van der Waals surface area contributed by atoms with Crippen molar-refractivity contribution in [3.8, 4) is 0 Å². The molecule has 1 aliphatic heterocycles. The van der Waals surface area contributed by atoms with E-state index in [0.29, 0.717) is 6.54 Å². The van der Waals surface area contributed by atoms with E-state index in [4.69, 9.17) is 0 Å². The quantitative estimate of drug-likeness (QED) is 0.760. The third kappa shape index (κ3) is 2.91. The number of nitrogens with zero attached hydrogens (tertiary/aromatic N) is 1. The Morgan fingerprint density at radius 1 is 1.11 bits per heavy atom. The molecule has 19 heavy (non-hydrogen) atoms. The van der Waals surface area contributed by atoms with Gasteiger partial charge in [0.2, 0.25) is 11.8 Å². The van der Waals surface area contributed by atoms with Crippen molar-refractivity contribution in [2.75, 3.05) is 19.7 Å². The van der Waals surface area contributed by atoms with Crippen LogP contribution < -0.4 is 5.32 Å². The van der Waals surface area contributed by atoms with E-state index in [1.54, 1.807) is 0 Å². The Labute approximate surface area is 113 Å². The molecule has 2 amide bonds. The summed E-state index contributed by atoms with van der Waals surface area (Å²) in [7, 11) is 0. The summed E-state index contributed by atoms with van der Waals surface area (Å²) in [6, 6.07) is -0.0745. The van der Waals surface area contributed by atoms with Crippen molar-refractivity contribution in [1.82, 2.24) is 10.2 Å². The van der Waals surface area contributed by atoms with Crippen LogP contribution in [0.5, 0.6) is 0 Å². The molecule has 0 aromatic heterocycles. The van der Waals surface area contributed by atoms with Crippen LogP contribution in [0.3, 0.4) is 0 Å². The molecule has 2 aliphatic carbocycles. The van der Waals surface area contributed by atoms with Gasteiger partial charge in [0.1, 0.15) is 0 Å². The number of carbonyl (C=O) groups excluding carboxylic acids is 2. The van der Waals surface area contributed by atoms with Gasteiger partial charge >= 0.3 is 0 Å². The number of piperidine rings is 1. The number of hydrogen-bond donors (Lipinski definition) is 2. The lowest BCUT2D eigenvalue weighted by molar-refractivity contribution is -0.136. The number of hydrogen-bond acceptors (Lipinski definition) is 3. The molecule has 3 aliphatic rings. The third-order valence-corrected chi connectivity index (χ3v) is 4.50. The molecule has 0 unspecified atom stereocenters. The maximum atomic E-state index is 12.1. The highest BCUT2D eigenvalue weighted by Crippen LogP contribution is 2.33. The lowest BCUT2D eigenvalue weighted by Crippen LogP contribution is -2.55. The minimum absolute atomic E-state index is 0.0745. The van der Waals surface area contributed by atoms with E-state index in [1.165, 1.54) is 0 Å². The van der Waals surface area contributed by atoms with Crippen LogP contribution in [0.2, 0.25) is 0 Å². The van der Waals surface area contributed by atoms with E-state index < -0.39 is 0 Å². The molecule has 0 aromatic carbocycles. The second-order valence-corrected chi connectivity index (χ2v) is 6.18. The third-order valence-electron chi connectivity index (χ3n) is 4.50. The number of aliphatic hydroxyl groups is 1. The molecule has 3 fully saturated rings. The molecular weight excluding hydrogens is 244 g/mol. The van der Waals surface area contributed by atoms with Gasteiger partial charge in [-0.25, -0.2) is 0 Å². The molecule has 0 spiro atoms. The average Bonchev–Trinajstić information content (AvgIpc) is 3.31. The zero-order valence-electron chi connectivity index (χ0n) is 11.2. The van der Waals surface area contributed by atoms with Crippen LogP contribution in [-0.2, 0) is 9.59 Å². The molecule has 106 valence electrons. The van der Waals surface area contributed by atoms with Crippen molar-refractivity contribution in [2.45, 2.75) is 38.1 Å². The molecule has 3 rings (SSSR count). The minimum Gasteiger partial charge on any atom is -0.396 e. The Morgan fingerprint density at radius 2 is 1.79 bits per heavy atom. The van der Waals surface area contributed by atoms with Crippen LogP contribution in [-0.4, -0.2) is 47.6 Å². The molecule has 0 radical (unpaired) electrons. The topological polar surface area (TPSA) is 69.6 Å². The summed E-state index contributed by atoms with van der Waals surface area (Å²) in [6.07, 6.45) is 4.76. The molecule has 2 saturated carbocycles. The predicted octanol–water partition coefficient (Wildman–Crippen LogP) is 0.132. The van der Waals surface area contributed by atoms with Crippen molar-refractivity contribution < 1.29 is 14.7 Å². The SMILES string of the molecule is O=C(N[C@@H]1CN(C(=O)C2CC2)CC[C@@H]1CO)C1CC1. The van der Waals surface area contributed by atoms with Crippen LogP contribution in [0.15, 0.2) is 0 Å². The second-order valence-electron chi connectivity index (χ2n) is 6.18. The van der Waals surface area contributed by atoms with Crippen molar-refractivity contribution >= 4 is 11.8 Å². The lowest BCUT2D eigenvalue weighted by atomic mass is 9.91. The maximum Gasteiger partial charge on any atom is 0.225 e. The first-order valence-electron chi connectivity index (χ1n) is 7.39. The number of rotatable bonds is 4. The molecule has 2 atom stereocenters. The molecule has 0 bridgehead atoms. The van der Waals surface area contributed by atoms with Crippen LogP contribution in [0, 0.1) is 17.8 Å². The summed E-state index contributed by atoms with van der Waals surface area (Å²) in [5.74, 6) is 0.830. The fraction of sp³-hybridized carbons (Fsp3) is 0.857. The molecule has 1 saturated heterocycles. The maximum absolute atomic E-state index is 12.1. The largest absolute Gasteiger partial charge is 0.396 e. The molecule has 5 nitrogen and oxygen atoms in total. The molecule has 1 heterocycles. The standard InChI is InChI=1S/C14H22N2O3/c17-8-11-5-6-16(14(19)10-3-4-10)7-12(11)15-13(18)9-1-2-9/h9-12,17H,1-8H2,(H,15,18)/t11-,12-/m1/s1.